The van der Waals surface area contributed by atoms with Crippen molar-refractivity contribution in [2.24, 2.45) is 0 Å². The van der Waals surface area contributed by atoms with E-state index in [9.17, 15) is 4.79 Å². The van der Waals surface area contributed by atoms with Gasteiger partial charge in [0.25, 0.3) is 5.91 Å². The Hall–Kier alpha value is -1.17. The second-order valence-electron chi connectivity index (χ2n) is 6.40. The lowest BCUT2D eigenvalue weighted by Gasteiger charge is -2.32. The summed E-state index contributed by atoms with van der Waals surface area (Å²) in [5.74, 6) is -0.0600. The Kier molecular flexibility index (Phi) is 9.71. The zero-order valence-electron chi connectivity index (χ0n) is 14.7. The highest BCUT2D eigenvalue weighted by atomic mass is 35.5. The summed E-state index contributed by atoms with van der Waals surface area (Å²) < 4.78 is 0. The van der Waals surface area contributed by atoms with Crippen LogP contribution in [-0.4, -0.2) is 29.9 Å². The number of nitrogens with two attached hydrogens (primary N) is 1. The fourth-order valence-corrected chi connectivity index (χ4v) is 3.40. The maximum atomic E-state index is 12.3. The van der Waals surface area contributed by atoms with Crippen molar-refractivity contribution in [1.29, 1.82) is 0 Å². The minimum Gasteiger partial charge on any atom is -0.399 e. The van der Waals surface area contributed by atoms with Crippen molar-refractivity contribution in [1.82, 2.24) is 10.2 Å². The first-order valence-corrected chi connectivity index (χ1v) is 9.09. The zero-order valence-corrected chi connectivity index (χ0v) is 17.8. The summed E-state index contributed by atoms with van der Waals surface area (Å²) in [4.78, 5) is 14.7. The molecule has 0 aromatic heterocycles. The average molecular weight is 451 g/mol. The third-order valence-electron chi connectivity index (χ3n) is 4.46. The summed E-state index contributed by atoms with van der Waals surface area (Å²) in [5, 5.41) is 4.27. The molecule has 148 valence electrons. The molecule has 0 spiro atoms. The Labute approximate surface area is 182 Å². The molecule has 2 aromatic carbocycles. The van der Waals surface area contributed by atoms with Crippen LogP contribution in [-0.2, 0) is 6.54 Å². The van der Waals surface area contributed by atoms with E-state index in [0.29, 0.717) is 21.3 Å². The normalized spacial score (nSPS) is 14.7. The van der Waals surface area contributed by atoms with Crippen molar-refractivity contribution < 1.29 is 4.79 Å². The smallest absolute Gasteiger partial charge is 0.251 e. The maximum Gasteiger partial charge on any atom is 0.251 e. The number of nitrogens with one attached hydrogen (secondary N) is 1. The van der Waals surface area contributed by atoms with Crippen LogP contribution in [0.5, 0.6) is 0 Å². The number of carbonyl (C=O) groups is 1. The first-order valence-electron chi connectivity index (χ1n) is 8.34. The molecule has 0 bridgehead atoms. The second kappa shape index (κ2) is 11.0. The summed E-state index contributed by atoms with van der Waals surface area (Å²) in [7, 11) is 0. The van der Waals surface area contributed by atoms with Crippen LogP contribution >= 0.6 is 48.0 Å². The molecular formula is C19H23Cl4N3O. The van der Waals surface area contributed by atoms with Gasteiger partial charge >= 0.3 is 0 Å². The number of hydrogen-bond acceptors (Lipinski definition) is 3. The van der Waals surface area contributed by atoms with Gasteiger partial charge in [-0.3, -0.25) is 9.69 Å². The summed E-state index contributed by atoms with van der Waals surface area (Å²) in [5.41, 5.74) is 8.10. The molecule has 1 fully saturated rings. The fraction of sp³-hybridized carbons (Fsp3) is 0.316. The van der Waals surface area contributed by atoms with E-state index in [1.165, 1.54) is 0 Å². The molecular weight excluding hydrogens is 428 g/mol. The largest absolute Gasteiger partial charge is 0.399 e. The van der Waals surface area contributed by atoms with Gasteiger partial charge in [0.15, 0.2) is 0 Å². The van der Waals surface area contributed by atoms with Gasteiger partial charge in [-0.2, -0.15) is 0 Å². The average Bonchev–Trinajstić information content (AvgIpc) is 2.60. The first-order chi connectivity index (χ1) is 12.0. The lowest BCUT2D eigenvalue weighted by Crippen LogP contribution is -2.44. The number of nitrogens with zero attached hydrogens (tertiary/aromatic N) is 1. The standard InChI is InChI=1S/C19H21Cl2N3O.2ClH/c20-17-5-4-13(10-18(17)21)12-24-8-6-16(7-9-24)23-19(25)14-2-1-3-15(22)11-14;;/h1-5,10-11,16H,6-9,12,22H2,(H,23,25);2*1H. The fourth-order valence-electron chi connectivity index (χ4n) is 3.08. The summed E-state index contributed by atoms with van der Waals surface area (Å²) in [6.07, 6.45) is 1.85. The lowest BCUT2D eigenvalue weighted by atomic mass is 10.0. The second-order valence-corrected chi connectivity index (χ2v) is 7.21. The molecule has 0 aliphatic carbocycles. The first kappa shape index (κ1) is 23.9. The molecule has 1 aliphatic rings. The van der Waals surface area contributed by atoms with E-state index >= 15 is 0 Å². The number of benzene rings is 2. The van der Waals surface area contributed by atoms with Crippen molar-refractivity contribution in [3.05, 3.63) is 63.6 Å². The van der Waals surface area contributed by atoms with Gasteiger partial charge in [0.2, 0.25) is 0 Å². The van der Waals surface area contributed by atoms with Crippen molar-refractivity contribution >= 4 is 59.6 Å². The van der Waals surface area contributed by atoms with Gasteiger partial charge < -0.3 is 11.1 Å². The van der Waals surface area contributed by atoms with Gasteiger partial charge in [-0.25, -0.2) is 0 Å². The number of piperidine rings is 1. The van der Waals surface area contributed by atoms with E-state index in [0.717, 1.165) is 38.0 Å². The molecule has 2 aromatic rings. The molecule has 1 saturated heterocycles. The molecule has 3 N–H and O–H groups in total. The molecule has 1 amide bonds. The van der Waals surface area contributed by atoms with Crippen LogP contribution in [0.1, 0.15) is 28.8 Å². The topological polar surface area (TPSA) is 58.4 Å². The summed E-state index contributed by atoms with van der Waals surface area (Å²) >= 11 is 12.0. The maximum absolute atomic E-state index is 12.3. The predicted octanol–water partition coefficient (Wildman–Crippen LogP) is 4.81. The van der Waals surface area contributed by atoms with Crippen LogP contribution in [0.15, 0.2) is 42.5 Å². The third-order valence-corrected chi connectivity index (χ3v) is 5.20. The molecule has 1 aliphatic heterocycles. The molecule has 3 rings (SSSR count). The molecule has 4 nitrogen and oxygen atoms in total. The number of halogens is 4. The monoisotopic (exact) mass is 449 g/mol. The van der Waals surface area contributed by atoms with Crippen LogP contribution in [0.3, 0.4) is 0 Å². The van der Waals surface area contributed by atoms with E-state index in [-0.39, 0.29) is 36.8 Å². The van der Waals surface area contributed by atoms with Crippen LogP contribution < -0.4 is 11.1 Å². The number of carbonyl (C=O) groups excluding carboxylic acids is 1. The Bertz CT molecular complexity index is 764. The molecule has 1 heterocycles. The molecule has 0 atom stereocenters. The Morgan fingerprint density at radius 2 is 1.78 bits per heavy atom. The molecule has 0 unspecified atom stereocenters. The van der Waals surface area contributed by atoms with Crippen molar-refractivity contribution in [2.45, 2.75) is 25.4 Å². The summed E-state index contributed by atoms with van der Waals surface area (Å²) in [6, 6.07) is 13.0. The van der Waals surface area contributed by atoms with Gasteiger partial charge in [-0.05, 0) is 48.7 Å². The molecule has 0 saturated carbocycles. The van der Waals surface area contributed by atoms with Gasteiger partial charge in [0.1, 0.15) is 0 Å². The van der Waals surface area contributed by atoms with E-state index in [4.69, 9.17) is 28.9 Å². The lowest BCUT2D eigenvalue weighted by molar-refractivity contribution is 0.0909. The van der Waals surface area contributed by atoms with Crippen molar-refractivity contribution in [3.8, 4) is 0 Å². The highest BCUT2D eigenvalue weighted by Gasteiger charge is 2.21. The minimum absolute atomic E-state index is 0. The van der Waals surface area contributed by atoms with Gasteiger partial charge in [0.05, 0.1) is 10.0 Å². The number of nitrogen functional groups attached to an aromatic ring is 1. The van der Waals surface area contributed by atoms with E-state index in [2.05, 4.69) is 10.2 Å². The number of hydrogen-bond donors (Lipinski definition) is 2. The number of anilines is 1. The van der Waals surface area contributed by atoms with Crippen molar-refractivity contribution in [2.75, 3.05) is 18.8 Å². The minimum atomic E-state index is -0.0600. The third kappa shape index (κ3) is 6.74. The van der Waals surface area contributed by atoms with Crippen molar-refractivity contribution in [3.63, 3.8) is 0 Å². The quantitative estimate of drug-likeness (QED) is 0.656. The van der Waals surface area contributed by atoms with Crippen LogP contribution in [0.4, 0.5) is 5.69 Å². The predicted molar refractivity (Wildman–Crippen MR) is 118 cm³/mol. The number of rotatable bonds is 4. The van der Waals surface area contributed by atoms with Crippen LogP contribution in [0.2, 0.25) is 10.0 Å². The van der Waals surface area contributed by atoms with E-state index < -0.39 is 0 Å². The van der Waals surface area contributed by atoms with Gasteiger partial charge in [0, 0.05) is 36.9 Å². The van der Waals surface area contributed by atoms with Crippen LogP contribution in [0.25, 0.3) is 0 Å². The van der Waals surface area contributed by atoms with Gasteiger partial charge in [-0.15, -0.1) is 24.8 Å². The van der Waals surface area contributed by atoms with E-state index in [1.54, 1.807) is 24.3 Å². The molecule has 0 radical (unpaired) electrons. The Morgan fingerprint density at radius 1 is 1.07 bits per heavy atom. The van der Waals surface area contributed by atoms with Crippen LogP contribution in [0, 0.1) is 0 Å². The zero-order chi connectivity index (χ0) is 17.8. The highest BCUT2D eigenvalue weighted by molar-refractivity contribution is 6.42. The Balaban J connectivity index is 0.00000182. The number of amides is 1. The SMILES string of the molecule is Cl.Cl.Nc1cccc(C(=O)NC2CCN(Cc3ccc(Cl)c(Cl)c3)CC2)c1. The van der Waals surface area contributed by atoms with E-state index in [1.807, 2.05) is 18.2 Å². The summed E-state index contributed by atoms with van der Waals surface area (Å²) in [6.45, 7) is 2.71. The molecule has 27 heavy (non-hydrogen) atoms. The highest BCUT2D eigenvalue weighted by Crippen LogP contribution is 2.24. The number of likely N-dealkylation sites (tertiary alicyclic amines) is 1. The van der Waals surface area contributed by atoms with Gasteiger partial charge in [-0.1, -0.05) is 35.3 Å². The molecule has 8 heteroatoms. The Morgan fingerprint density at radius 3 is 2.41 bits per heavy atom.